The Labute approximate surface area is 174 Å². The molecule has 1 aliphatic heterocycles. The quantitative estimate of drug-likeness (QED) is 0.493. The fourth-order valence-electron chi connectivity index (χ4n) is 4.79. The number of ketones is 1. The number of carbonyl (C=O) groups is 2. The lowest BCUT2D eigenvalue weighted by molar-refractivity contribution is -0.147. The molecule has 2 aliphatic rings. The number of fused-ring (bicyclic) bond motifs is 3. The van der Waals surface area contributed by atoms with Crippen LogP contribution in [-0.2, 0) is 9.53 Å². The third kappa shape index (κ3) is 2.45. The Balaban J connectivity index is 1.79. The highest BCUT2D eigenvalue weighted by Crippen LogP contribution is 2.59. The molecule has 30 heavy (non-hydrogen) atoms. The molecule has 2 heterocycles. The van der Waals surface area contributed by atoms with Crippen LogP contribution in [0.5, 0.6) is 0 Å². The number of hydrogen-bond donors (Lipinski definition) is 0. The minimum atomic E-state index is -1.42. The van der Waals surface area contributed by atoms with Gasteiger partial charge in [0.15, 0.2) is 11.2 Å². The SMILES string of the molecule is COC(=O)[C@]12C(=O)c3ccccc3[C@H]1N(c1ccccc1)C/C2=C\c1ccccn1. The van der Waals surface area contributed by atoms with E-state index in [1.807, 2.05) is 72.8 Å². The number of nitrogens with zero attached hydrogens (tertiary/aromatic N) is 2. The van der Waals surface area contributed by atoms with Crippen LogP contribution in [0.2, 0.25) is 0 Å². The second-order valence-corrected chi connectivity index (χ2v) is 7.51. The molecular formula is C25H20N2O3. The predicted octanol–water partition coefficient (Wildman–Crippen LogP) is 4.08. The topological polar surface area (TPSA) is 59.5 Å². The van der Waals surface area contributed by atoms with Gasteiger partial charge in [0.05, 0.1) is 18.8 Å². The van der Waals surface area contributed by atoms with E-state index in [-0.39, 0.29) is 5.78 Å². The summed E-state index contributed by atoms with van der Waals surface area (Å²) in [6.07, 6.45) is 3.56. The lowest BCUT2D eigenvalue weighted by atomic mass is 9.75. The number of benzene rings is 2. The van der Waals surface area contributed by atoms with Crippen LogP contribution >= 0.6 is 0 Å². The van der Waals surface area contributed by atoms with Gasteiger partial charge in [0.2, 0.25) is 0 Å². The molecule has 1 aromatic heterocycles. The first-order valence-electron chi connectivity index (χ1n) is 9.84. The summed E-state index contributed by atoms with van der Waals surface area (Å²) in [5.74, 6) is -0.745. The van der Waals surface area contributed by atoms with Crippen LogP contribution in [0.15, 0.2) is 84.6 Å². The van der Waals surface area contributed by atoms with Gasteiger partial charge in [0.1, 0.15) is 0 Å². The number of ether oxygens (including phenoxy) is 1. The van der Waals surface area contributed by atoms with Crippen LogP contribution in [0.4, 0.5) is 5.69 Å². The monoisotopic (exact) mass is 396 g/mol. The molecule has 0 spiro atoms. The van der Waals surface area contributed by atoms with Crippen molar-refractivity contribution in [2.24, 2.45) is 5.41 Å². The van der Waals surface area contributed by atoms with Crippen molar-refractivity contribution in [2.45, 2.75) is 6.04 Å². The molecule has 0 amide bonds. The summed E-state index contributed by atoms with van der Waals surface area (Å²) in [6, 6.07) is 22.4. The Morgan fingerprint density at radius 1 is 1.07 bits per heavy atom. The average molecular weight is 396 g/mol. The van der Waals surface area contributed by atoms with Crippen molar-refractivity contribution >= 4 is 23.5 Å². The maximum atomic E-state index is 13.8. The number of anilines is 1. The van der Waals surface area contributed by atoms with Crippen molar-refractivity contribution in [3.8, 4) is 0 Å². The fourth-order valence-corrected chi connectivity index (χ4v) is 4.79. The third-order valence-electron chi connectivity index (χ3n) is 6.03. The van der Waals surface area contributed by atoms with Gasteiger partial charge < -0.3 is 9.64 Å². The molecule has 0 N–H and O–H groups in total. The number of hydrogen-bond acceptors (Lipinski definition) is 5. The van der Waals surface area contributed by atoms with E-state index in [9.17, 15) is 9.59 Å². The van der Waals surface area contributed by atoms with Gasteiger partial charge in [-0.15, -0.1) is 0 Å². The smallest absolute Gasteiger partial charge is 0.326 e. The van der Waals surface area contributed by atoms with Gasteiger partial charge in [-0.1, -0.05) is 48.5 Å². The Kier molecular flexibility index (Phi) is 4.24. The summed E-state index contributed by atoms with van der Waals surface area (Å²) >= 11 is 0. The van der Waals surface area contributed by atoms with Crippen molar-refractivity contribution in [1.29, 1.82) is 0 Å². The van der Waals surface area contributed by atoms with Gasteiger partial charge in [0, 0.05) is 24.0 Å². The number of aromatic nitrogens is 1. The van der Waals surface area contributed by atoms with Crippen LogP contribution in [0.3, 0.4) is 0 Å². The number of Topliss-reactive ketones (excluding diaryl/α,β-unsaturated/α-hetero) is 1. The largest absolute Gasteiger partial charge is 0.468 e. The molecule has 0 saturated carbocycles. The highest BCUT2D eigenvalue weighted by molar-refractivity contribution is 6.21. The zero-order valence-electron chi connectivity index (χ0n) is 16.5. The van der Waals surface area contributed by atoms with Crippen molar-refractivity contribution in [3.63, 3.8) is 0 Å². The van der Waals surface area contributed by atoms with Crippen molar-refractivity contribution in [3.05, 3.63) is 101 Å². The summed E-state index contributed by atoms with van der Waals surface area (Å²) in [4.78, 5) is 33.6. The molecule has 1 aliphatic carbocycles. The molecule has 3 aromatic rings. The molecule has 5 heteroatoms. The lowest BCUT2D eigenvalue weighted by Crippen LogP contribution is -2.41. The summed E-state index contributed by atoms with van der Waals surface area (Å²) in [5, 5.41) is 0. The van der Waals surface area contributed by atoms with E-state index in [0.717, 1.165) is 11.3 Å². The predicted molar refractivity (Wildman–Crippen MR) is 114 cm³/mol. The van der Waals surface area contributed by atoms with E-state index in [1.165, 1.54) is 7.11 Å². The first kappa shape index (κ1) is 18.3. The van der Waals surface area contributed by atoms with E-state index < -0.39 is 17.4 Å². The number of carbonyl (C=O) groups excluding carboxylic acids is 2. The van der Waals surface area contributed by atoms with Crippen LogP contribution in [0.1, 0.15) is 27.7 Å². The number of rotatable bonds is 3. The van der Waals surface area contributed by atoms with Crippen molar-refractivity contribution < 1.29 is 14.3 Å². The maximum Gasteiger partial charge on any atom is 0.326 e. The second-order valence-electron chi connectivity index (χ2n) is 7.51. The van der Waals surface area contributed by atoms with Gasteiger partial charge in [-0.05, 0) is 41.5 Å². The first-order chi connectivity index (χ1) is 14.7. The highest BCUT2D eigenvalue weighted by Gasteiger charge is 2.67. The van der Waals surface area contributed by atoms with Crippen molar-refractivity contribution in [2.75, 3.05) is 18.6 Å². The molecule has 1 saturated heterocycles. The van der Waals surface area contributed by atoms with E-state index >= 15 is 0 Å². The zero-order chi connectivity index (χ0) is 20.7. The lowest BCUT2D eigenvalue weighted by Gasteiger charge is -2.30. The zero-order valence-corrected chi connectivity index (χ0v) is 16.5. The maximum absolute atomic E-state index is 13.8. The first-order valence-corrected chi connectivity index (χ1v) is 9.84. The molecule has 2 atom stereocenters. The minimum Gasteiger partial charge on any atom is -0.468 e. The molecule has 148 valence electrons. The Bertz CT molecular complexity index is 1160. The molecule has 5 rings (SSSR count). The highest BCUT2D eigenvalue weighted by atomic mass is 16.5. The van der Waals surface area contributed by atoms with Gasteiger partial charge in [-0.25, -0.2) is 0 Å². The molecule has 5 nitrogen and oxygen atoms in total. The summed E-state index contributed by atoms with van der Waals surface area (Å²) in [6.45, 7) is 0.431. The number of esters is 1. The summed E-state index contributed by atoms with van der Waals surface area (Å²) in [5.41, 5.74) is 2.34. The van der Waals surface area contributed by atoms with Gasteiger partial charge in [-0.3, -0.25) is 14.6 Å². The fraction of sp³-hybridized carbons (Fsp3) is 0.160. The van der Waals surface area contributed by atoms with E-state index in [4.69, 9.17) is 4.74 Å². The van der Waals surface area contributed by atoms with Crippen molar-refractivity contribution in [1.82, 2.24) is 4.98 Å². The number of para-hydroxylation sites is 1. The van der Waals surface area contributed by atoms with E-state index in [1.54, 1.807) is 12.3 Å². The molecule has 1 fully saturated rings. The minimum absolute atomic E-state index is 0.212. The molecule has 0 unspecified atom stereocenters. The third-order valence-corrected chi connectivity index (χ3v) is 6.03. The van der Waals surface area contributed by atoms with Gasteiger partial charge in [-0.2, -0.15) is 0 Å². The molecular weight excluding hydrogens is 376 g/mol. The van der Waals surface area contributed by atoms with Crippen LogP contribution in [-0.4, -0.2) is 30.4 Å². The van der Waals surface area contributed by atoms with E-state index in [2.05, 4.69) is 9.88 Å². The standard InChI is InChI=1S/C25H20N2O3/c1-30-24(29)25-17(15-18-9-7-8-14-26-18)16-27(19-10-3-2-4-11-19)22(25)20-12-5-6-13-21(20)23(25)28/h2-15,22H,16H2,1H3/b17-15+/t22-,25+/m1/s1. The molecule has 0 radical (unpaired) electrons. The van der Waals surface area contributed by atoms with Gasteiger partial charge >= 0.3 is 5.97 Å². The summed E-state index contributed by atoms with van der Waals surface area (Å²) < 4.78 is 5.24. The van der Waals surface area contributed by atoms with Gasteiger partial charge in [0.25, 0.3) is 0 Å². The van der Waals surface area contributed by atoms with Crippen LogP contribution < -0.4 is 4.90 Å². The van der Waals surface area contributed by atoms with E-state index in [0.29, 0.717) is 23.4 Å². The number of pyridine rings is 1. The Morgan fingerprint density at radius 2 is 1.80 bits per heavy atom. The normalized spacial score (nSPS) is 23.4. The molecule has 2 aromatic carbocycles. The Hall–Kier alpha value is -3.73. The Morgan fingerprint density at radius 3 is 2.53 bits per heavy atom. The second kappa shape index (κ2) is 6.95. The molecule has 0 bridgehead atoms. The van der Waals surface area contributed by atoms with Crippen LogP contribution in [0, 0.1) is 5.41 Å². The summed E-state index contributed by atoms with van der Waals surface area (Å²) in [7, 11) is 1.34. The number of methoxy groups -OCH3 is 1. The van der Waals surface area contributed by atoms with Crippen LogP contribution in [0.25, 0.3) is 6.08 Å². The average Bonchev–Trinajstić information content (AvgIpc) is 3.27.